The summed E-state index contributed by atoms with van der Waals surface area (Å²) in [5.74, 6) is 0.443. The molecule has 0 aromatic heterocycles. The summed E-state index contributed by atoms with van der Waals surface area (Å²) in [6, 6.07) is 9.04. The molecule has 0 saturated carbocycles. The quantitative estimate of drug-likeness (QED) is 0.464. The van der Waals surface area contributed by atoms with Crippen LogP contribution in [0.2, 0.25) is 5.02 Å². The second kappa shape index (κ2) is 9.28. The molecule has 2 heterocycles. The van der Waals surface area contributed by atoms with Crippen LogP contribution in [0, 0.1) is 16.0 Å². The van der Waals surface area contributed by atoms with Crippen molar-refractivity contribution in [3.63, 3.8) is 0 Å². The van der Waals surface area contributed by atoms with E-state index in [9.17, 15) is 23.3 Å². The van der Waals surface area contributed by atoms with Gasteiger partial charge in [-0.3, -0.25) is 14.9 Å². The van der Waals surface area contributed by atoms with E-state index in [1.807, 2.05) is 18.2 Å². The van der Waals surface area contributed by atoms with Gasteiger partial charge in [-0.05, 0) is 55.5 Å². The minimum absolute atomic E-state index is 0.00783. The fourth-order valence-electron chi connectivity index (χ4n) is 4.44. The van der Waals surface area contributed by atoms with E-state index in [1.54, 1.807) is 12.0 Å². The highest BCUT2D eigenvalue weighted by Gasteiger charge is 2.36. The Morgan fingerprint density at radius 2 is 1.88 bits per heavy atom. The zero-order valence-corrected chi connectivity index (χ0v) is 19.6. The highest BCUT2D eigenvalue weighted by molar-refractivity contribution is 7.89. The second-order valence-electron chi connectivity index (χ2n) is 8.14. The predicted octanol–water partition coefficient (Wildman–Crippen LogP) is 3.64. The normalized spacial score (nSPS) is 17.5. The van der Waals surface area contributed by atoms with E-state index in [-0.39, 0.29) is 40.5 Å². The number of amides is 1. The molecule has 1 saturated heterocycles. The largest absolute Gasteiger partial charge is 0.497 e. The maximum atomic E-state index is 13.3. The van der Waals surface area contributed by atoms with Crippen LogP contribution in [-0.2, 0) is 21.2 Å². The Kier molecular flexibility index (Phi) is 6.60. The third-order valence-corrected chi connectivity index (χ3v) is 8.60. The molecule has 0 atom stereocenters. The molecule has 0 unspecified atom stereocenters. The predicted molar refractivity (Wildman–Crippen MR) is 123 cm³/mol. The molecule has 9 nitrogen and oxygen atoms in total. The number of hydrogen-bond donors (Lipinski definition) is 0. The number of sulfonamides is 1. The minimum atomic E-state index is -4.02. The van der Waals surface area contributed by atoms with Gasteiger partial charge in [0.05, 0.1) is 17.1 Å². The molecular formula is C22H24ClN3O6S. The standard InChI is InChI=1S/C22H24ClN3O6S/c1-32-18-5-7-20-16(13-18)3-2-10-25(20)22(27)15-8-11-24(12-9-15)33(30,31)21-14-17(26(28)29)4-6-19(21)23/h4-7,13-15H,2-3,8-12H2,1H3. The molecule has 4 rings (SSSR count). The van der Waals surface area contributed by atoms with E-state index in [1.165, 1.54) is 10.4 Å². The zero-order chi connectivity index (χ0) is 23.8. The molecule has 176 valence electrons. The van der Waals surface area contributed by atoms with Gasteiger partial charge in [0.2, 0.25) is 15.9 Å². The number of rotatable bonds is 5. The number of methoxy groups -OCH3 is 1. The van der Waals surface area contributed by atoms with Crippen LogP contribution in [0.4, 0.5) is 11.4 Å². The molecule has 2 aliphatic rings. The highest BCUT2D eigenvalue weighted by atomic mass is 35.5. The van der Waals surface area contributed by atoms with E-state index in [0.717, 1.165) is 42.0 Å². The Balaban J connectivity index is 1.48. The van der Waals surface area contributed by atoms with Crippen LogP contribution in [0.25, 0.3) is 0 Å². The summed E-state index contributed by atoms with van der Waals surface area (Å²) in [5, 5.41) is 11.0. The average Bonchev–Trinajstić information content (AvgIpc) is 2.82. The number of nitro groups is 1. The van der Waals surface area contributed by atoms with Gasteiger partial charge in [-0.2, -0.15) is 4.31 Å². The van der Waals surface area contributed by atoms with E-state index in [0.29, 0.717) is 19.4 Å². The number of anilines is 1. The second-order valence-corrected chi connectivity index (χ2v) is 10.5. The number of aryl methyl sites for hydroxylation is 1. The van der Waals surface area contributed by atoms with Crippen molar-refractivity contribution in [2.24, 2.45) is 5.92 Å². The van der Waals surface area contributed by atoms with Crippen molar-refractivity contribution in [2.45, 2.75) is 30.6 Å². The maximum Gasteiger partial charge on any atom is 0.270 e. The van der Waals surface area contributed by atoms with Gasteiger partial charge in [0.1, 0.15) is 10.6 Å². The number of ether oxygens (including phenoxy) is 1. The molecule has 33 heavy (non-hydrogen) atoms. The Labute approximate surface area is 197 Å². The van der Waals surface area contributed by atoms with Gasteiger partial charge >= 0.3 is 0 Å². The summed E-state index contributed by atoms with van der Waals surface area (Å²) in [7, 11) is -2.41. The van der Waals surface area contributed by atoms with Crippen molar-refractivity contribution in [3.05, 3.63) is 57.1 Å². The number of nitrogens with zero attached hydrogens (tertiary/aromatic N) is 3. The first-order valence-corrected chi connectivity index (χ1v) is 12.5. The number of non-ortho nitro benzene ring substituents is 1. The lowest BCUT2D eigenvalue weighted by Crippen LogP contribution is -2.45. The molecule has 1 amide bonds. The van der Waals surface area contributed by atoms with Crippen LogP contribution in [-0.4, -0.2) is 50.3 Å². The third kappa shape index (κ3) is 4.55. The summed E-state index contributed by atoms with van der Waals surface area (Å²) in [5.41, 5.74) is 1.60. The molecule has 0 aliphatic carbocycles. The number of halogens is 1. The first-order chi connectivity index (χ1) is 15.7. The van der Waals surface area contributed by atoms with Gasteiger partial charge in [0.25, 0.3) is 5.69 Å². The summed E-state index contributed by atoms with van der Waals surface area (Å²) in [4.78, 5) is 25.2. The number of benzene rings is 2. The monoisotopic (exact) mass is 493 g/mol. The lowest BCUT2D eigenvalue weighted by atomic mass is 9.94. The zero-order valence-electron chi connectivity index (χ0n) is 18.1. The van der Waals surface area contributed by atoms with Crippen molar-refractivity contribution >= 4 is 38.9 Å². The number of hydrogen-bond acceptors (Lipinski definition) is 6. The number of nitro benzene ring substituents is 1. The van der Waals surface area contributed by atoms with Gasteiger partial charge in [-0.1, -0.05) is 11.6 Å². The molecule has 2 aliphatic heterocycles. The van der Waals surface area contributed by atoms with Gasteiger partial charge in [0, 0.05) is 43.4 Å². The molecule has 0 bridgehead atoms. The van der Waals surface area contributed by atoms with Crippen LogP contribution in [0.1, 0.15) is 24.8 Å². The molecule has 1 fully saturated rings. The van der Waals surface area contributed by atoms with Gasteiger partial charge in [0.15, 0.2) is 0 Å². The molecular weight excluding hydrogens is 470 g/mol. The van der Waals surface area contributed by atoms with Crippen molar-refractivity contribution in [3.8, 4) is 5.75 Å². The van der Waals surface area contributed by atoms with E-state index >= 15 is 0 Å². The minimum Gasteiger partial charge on any atom is -0.497 e. The van der Waals surface area contributed by atoms with Crippen molar-refractivity contribution in [1.29, 1.82) is 0 Å². The van der Waals surface area contributed by atoms with Crippen molar-refractivity contribution in [2.75, 3.05) is 31.6 Å². The Morgan fingerprint density at radius 3 is 2.55 bits per heavy atom. The van der Waals surface area contributed by atoms with E-state index in [2.05, 4.69) is 0 Å². The molecule has 11 heteroatoms. The summed E-state index contributed by atoms with van der Waals surface area (Å²) < 4.78 is 32.7. The first-order valence-electron chi connectivity index (χ1n) is 10.6. The Bertz CT molecular complexity index is 1190. The summed E-state index contributed by atoms with van der Waals surface area (Å²) in [6.07, 6.45) is 2.46. The van der Waals surface area contributed by atoms with Crippen LogP contribution in [0.15, 0.2) is 41.3 Å². The number of piperidine rings is 1. The maximum absolute atomic E-state index is 13.3. The molecule has 2 aromatic carbocycles. The Hall–Kier alpha value is -2.69. The average molecular weight is 494 g/mol. The highest BCUT2D eigenvalue weighted by Crippen LogP contribution is 2.35. The number of carbonyl (C=O) groups is 1. The molecule has 0 spiro atoms. The fraction of sp³-hybridized carbons (Fsp3) is 0.409. The van der Waals surface area contributed by atoms with Gasteiger partial charge in [-0.25, -0.2) is 8.42 Å². The van der Waals surface area contributed by atoms with Crippen LogP contribution in [0.3, 0.4) is 0 Å². The van der Waals surface area contributed by atoms with Gasteiger partial charge in [-0.15, -0.1) is 0 Å². The van der Waals surface area contributed by atoms with Crippen LogP contribution in [0.5, 0.6) is 5.75 Å². The van der Waals surface area contributed by atoms with Crippen LogP contribution < -0.4 is 9.64 Å². The molecule has 0 N–H and O–H groups in total. The Morgan fingerprint density at radius 1 is 1.15 bits per heavy atom. The van der Waals surface area contributed by atoms with Crippen molar-refractivity contribution in [1.82, 2.24) is 4.31 Å². The third-order valence-electron chi connectivity index (χ3n) is 6.22. The van der Waals surface area contributed by atoms with Crippen molar-refractivity contribution < 1.29 is 22.9 Å². The smallest absolute Gasteiger partial charge is 0.270 e. The first kappa shape index (κ1) is 23.5. The van der Waals surface area contributed by atoms with E-state index in [4.69, 9.17) is 16.3 Å². The fourth-order valence-corrected chi connectivity index (χ4v) is 6.40. The summed E-state index contributed by atoms with van der Waals surface area (Å²) in [6.45, 7) is 0.905. The number of fused-ring (bicyclic) bond motifs is 1. The number of carbonyl (C=O) groups excluding carboxylic acids is 1. The SMILES string of the molecule is COc1ccc2c(c1)CCCN2C(=O)C1CCN(S(=O)(=O)c2cc([N+](=O)[O-])ccc2Cl)CC1. The van der Waals surface area contributed by atoms with E-state index < -0.39 is 14.9 Å². The molecule has 0 radical (unpaired) electrons. The van der Waals surface area contributed by atoms with Gasteiger partial charge < -0.3 is 9.64 Å². The lowest BCUT2D eigenvalue weighted by molar-refractivity contribution is -0.385. The van der Waals surface area contributed by atoms with Crippen LogP contribution >= 0.6 is 11.6 Å². The summed E-state index contributed by atoms with van der Waals surface area (Å²) >= 11 is 6.06. The molecule has 2 aromatic rings. The lowest BCUT2D eigenvalue weighted by Gasteiger charge is -2.36. The topological polar surface area (TPSA) is 110 Å².